The maximum atomic E-state index is 5.14. The second-order valence-electron chi connectivity index (χ2n) is 5.67. The normalized spacial score (nSPS) is 14.4. The average molecular weight is 230 g/mol. The van der Waals surface area contributed by atoms with Crippen LogP contribution in [0.3, 0.4) is 0 Å². The molecule has 0 aromatic heterocycles. The number of methoxy groups -OCH3 is 1. The summed E-state index contributed by atoms with van der Waals surface area (Å²) in [6.45, 7) is 11.9. The van der Waals surface area contributed by atoms with Gasteiger partial charge < -0.3 is 15.0 Å². The average Bonchev–Trinajstić information content (AvgIpc) is 2.15. The van der Waals surface area contributed by atoms with Crippen LogP contribution in [0.4, 0.5) is 0 Å². The van der Waals surface area contributed by atoms with Crippen LogP contribution in [0.5, 0.6) is 0 Å². The minimum Gasteiger partial charge on any atom is -0.383 e. The fourth-order valence-electron chi connectivity index (χ4n) is 1.54. The summed E-state index contributed by atoms with van der Waals surface area (Å²) in [5.74, 6) is 0. The molecule has 16 heavy (non-hydrogen) atoms. The van der Waals surface area contributed by atoms with Gasteiger partial charge in [-0.05, 0) is 60.7 Å². The molecule has 0 aliphatic carbocycles. The number of unbranched alkanes of at least 4 members (excludes halogenated alkanes) is 1. The third-order valence-corrected chi connectivity index (χ3v) is 2.75. The minimum atomic E-state index is 0.245. The van der Waals surface area contributed by atoms with Gasteiger partial charge in [0, 0.05) is 18.7 Å². The molecule has 0 amide bonds. The van der Waals surface area contributed by atoms with Gasteiger partial charge >= 0.3 is 0 Å². The summed E-state index contributed by atoms with van der Waals surface area (Å²) >= 11 is 0. The predicted molar refractivity (Wildman–Crippen MR) is 71.0 cm³/mol. The molecule has 3 nitrogen and oxygen atoms in total. The van der Waals surface area contributed by atoms with Crippen molar-refractivity contribution in [2.45, 2.75) is 52.1 Å². The lowest BCUT2D eigenvalue weighted by Crippen LogP contribution is -2.37. The first-order chi connectivity index (χ1) is 7.37. The molecule has 0 heterocycles. The van der Waals surface area contributed by atoms with E-state index in [1.54, 1.807) is 7.11 Å². The van der Waals surface area contributed by atoms with Crippen LogP contribution in [0.15, 0.2) is 0 Å². The Hall–Kier alpha value is -0.120. The predicted octanol–water partition coefficient (Wildman–Crippen LogP) is 2.12. The van der Waals surface area contributed by atoms with Gasteiger partial charge in [0.15, 0.2) is 0 Å². The van der Waals surface area contributed by atoms with Gasteiger partial charge in [-0.15, -0.1) is 0 Å². The van der Waals surface area contributed by atoms with E-state index in [1.165, 1.54) is 12.8 Å². The summed E-state index contributed by atoms with van der Waals surface area (Å²) in [7, 11) is 3.93. The summed E-state index contributed by atoms with van der Waals surface area (Å²) in [5, 5.41) is 3.51. The van der Waals surface area contributed by atoms with Gasteiger partial charge in [0.05, 0.1) is 6.61 Å². The van der Waals surface area contributed by atoms with E-state index in [0.717, 1.165) is 19.7 Å². The van der Waals surface area contributed by atoms with Gasteiger partial charge in [-0.25, -0.2) is 0 Å². The van der Waals surface area contributed by atoms with E-state index >= 15 is 0 Å². The number of likely N-dealkylation sites (N-methyl/N-ethyl adjacent to an activating group) is 1. The third-order valence-electron chi connectivity index (χ3n) is 2.75. The standard InChI is InChI=1S/C13H30N2O/c1-12(11-16-6)15(5)10-8-7-9-14-13(2,3)4/h12,14H,7-11H2,1-6H3. The van der Waals surface area contributed by atoms with Crippen LogP contribution in [-0.2, 0) is 4.74 Å². The largest absolute Gasteiger partial charge is 0.383 e. The molecule has 0 rings (SSSR count). The van der Waals surface area contributed by atoms with Crippen LogP contribution in [0.2, 0.25) is 0 Å². The lowest BCUT2D eigenvalue weighted by Gasteiger charge is -2.24. The van der Waals surface area contributed by atoms with Gasteiger partial charge in [0.2, 0.25) is 0 Å². The molecule has 0 radical (unpaired) electrons. The Kier molecular flexibility index (Phi) is 7.98. The zero-order valence-corrected chi connectivity index (χ0v) is 12.0. The van der Waals surface area contributed by atoms with Gasteiger partial charge in [0.1, 0.15) is 0 Å². The Labute approximate surface area is 102 Å². The highest BCUT2D eigenvalue weighted by Gasteiger charge is 2.09. The van der Waals surface area contributed by atoms with Gasteiger partial charge in [-0.3, -0.25) is 0 Å². The summed E-state index contributed by atoms with van der Waals surface area (Å²) in [5.41, 5.74) is 0.245. The highest BCUT2D eigenvalue weighted by Crippen LogP contribution is 2.01. The topological polar surface area (TPSA) is 24.5 Å². The summed E-state index contributed by atoms with van der Waals surface area (Å²) in [6, 6.07) is 0.514. The Balaban J connectivity index is 3.44. The first-order valence-corrected chi connectivity index (χ1v) is 6.31. The molecule has 98 valence electrons. The van der Waals surface area contributed by atoms with Crippen molar-refractivity contribution in [1.82, 2.24) is 10.2 Å². The van der Waals surface area contributed by atoms with E-state index in [0.29, 0.717) is 6.04 Å². The molecule has 3 heteroatoms. The molecule has 0 bridgehead atoms. The molecule has 1 atom stereocenters. The maximum Gasteiger partial charge on any atom is 0.0615 e. The minimum absolute atomic E-state index is 0.245. The van der Waals surface area contributed by atoms with E-state index in [-0.39, 0.29) is 5.54 Å². The van der Waals surface area contributed by atoms with Crippen molar-refractivity contribution in [3.8, 4) is 0 Å². The van der Waals surface area contributed by atoms with Gasteiger partial charge in [-0.1, -0.05) is 0 Å². The second kappa shape index (κ2) is 8.04. The van der Waals surface area contributed by atoms with Crippen molar-refractivity contribution >= 4 is 0 Å². The molecule has 1 N–H and O–H groups in total. The van der Waals surface area contributed by atoms with Gasteiger partial charge in [-0.2, -0.15) is 0 Å². The zero-order chi connectivity index (χ0) is 12.6. The first-order valence-electron chi connectivity index (χ1n) is 6.31. The van der Waals surface area contributed by atoms with Gasteiger partial charge in [0.25, 0.3) is 0 Å². The van der Waals surface area contributed by atoms with Crippen molar-refractivity contribution in [1.29, 1.82) is 0 Å². The van der Waals surface area contributed by atoms with Crippen LogP contribution >= 0.6 is 0 Å². The lowest BCUT2D eigenvalue weighted by atomic mass is 10.1. The number of nitrogens with zero attached hydrogens (tertiary/aromatic N) is 1. The molecule has 1 unspecified atom stereocenters. The fourth-order valence-corrected chi connectivity index (χ4v) is 1.54. The van der Waals surface area contributed by atoms with E-state index in [2.05, 4.69) is 45.0 Å². The Morgan fingerprint density at radius 2 is 1.88 bits per heavy atom. The molecular formula is C13H30N2O. The summed E-state index contributed by atoms with van der Waals surface area (Å²) < 4.78 is 5.14. The molecule has 0 saturated heterocycles. The van der Waals surface area contributed by atoms with Crippen LogP contribution in [0.25, 0.3) is 0 Å². The molecule has 0 spiro atoms. The number of nitrogens with one attached hydrogen (secondary N) is 1. The molecule has 0 fully saturated rings. The van der Waals surface area contributed by atoms with Crippen LogP contribution < -0.4 is 5.32 Å². The van der Waals surface area contributed by atoms with Crippen molar-refractivity contribution in [2.24, 2.45) is 0 Å². The van der Waals surface area contributed by atoms with E-state index < -0.39 is 0 Å². The monoisotopic (exact) mass is 230 g/mol. The van der Waals surface area contributed by atoms with Crippen LogP contribution in [0, 0.1) is 0 Å². The molecule has 0 aliphatic rings. The summed E-state index contributed by atoms with van der Waals surface area (Å²) in [4.78, 5) is 2.36. The van der Waals surface area contributed by atoms with Crippen molar-refractivity contribution in [2.75, 3.05) is 33.9 Å². The Morgan fingerprint density at radius 1 is 1.25 bits per heavy atom. The van der Waals surface area contributed by atoms with Crippen molar-refractivity contribution in [3.63, 3.8) is 0 Å². The van der Waals surface area contributed by atoms with Crippen molar-refractivity contribution in [3.05, 3.63) is 0 Å². The fraction of sp³-hybridized carbons (Fsp3) is 1.00. The first kappa shape index (κ1) is 15.9. The highest BCUT2D eigenvalue weighted by atomic mass is 16.5. The maximum absolute atomic E-state index is 5.14. The lowest BCUT2D eigenvalue weighted by molar-refractivity contribution is 0.114. The Morgan fingerprint density at radius 3 is 2.38 bits per heavy atom. The Bertz CT molecular complexity index is 166. The van der Waals surface area contributed by atoms with Crippen LogP contribution in [0.1, 0.15) is 40.5 Å². The molecule has 0 aliphatic heterocycles. The summed E-state index contributed by atoms with van der Waals surface area (Å²) in [6.07, 6.45) is 2.48. The number of ether oxygens (including phenoxy) is 1. The molecule has 0 aromatic rings. The quantitative estimate of drug-likeness (QED) is 0.646. The van der Waals surface area contributed by atoms with Crippen LogP contribution in [-0.4, -0.2) is 50.3 Å². The number of rotatable bonds is 8. The molecular weight excluding hydrogens is 200 g/mol. The zero-order valence-electron chi connectivity index (χ0n) is 12.0. The highest BCUT2D eigenvalue weighted by molar-refractivity contribution is 4.70. The second-order valence-corrected chi connectivity index (χ2v) is 5.67. The van der Waals surface area contributed by atoms with E-state index in [9.17, 15) is 0 Å². The smallest absolute Gasteiger partial charge is 0.0615 e. The SMILES string of the molecule is COCC(C)N(C)CCCCNC(C)(C)C. The third kappa shape index (κ3) is 9.13. The van der Waals surface area contributed by atoms with E-state index in [1.807, 2.05) is 0 Å². The number of hydrogen-bond donors (Lipinski definition) is 1. The molecule has 0 saturated carbocycles. The van der Waals surface area contributed by atoms with E-state index in [4.69, 9.17) is 4.74 Å². The van der Waals surface area contributed by atoms with Crippen molar-refractivity contribution < 1.29 is 4.74 Å². The number of hydrogen-bond acceptors (Lipinski definition) is 3. The molecule has 0 aromatic carbocycles.